The Balaban J connectivity index is 3.24. The van der Waals surface area contributed by atoms with Gasteiger partial charge in [0.05, 0.1) is 0 Å². The summed E-state index contributed by atoms with van der Waals surface area (Å²) in [5, 5.41) is 0. The van der Waals surface area contributed by atoms with Crippen molar-refractivity contribution in [3.8, 4) is 0 Å². The maximum Gasteiger partial charge on any atom is 0.427 e. The lowest BCUT2D eigenvalue weighted by atomic mass is 10.1. The Morgan fingerprint density at radius 2 is 1.52 bits per heavy atom. The zero-order valence-electron chi connectivity index (χ0n) is 16.5. The van der Waals surface area contributed by atoms with Crippen molar-refractivity contribution in [1.29, 1.82) is 0 Å². The third-order valence-electron chi connectivity index (χ3n) is 2.94. The van der Waals surface area contributed by atoms with Crippen LogP contribution in [0.2, 0.25) is 0 Å². The molecular weight excluding hydrogens is 322 g/mol. The van der Waals surface area contributed by atoms with Crippen molar-refractivity contribution in [2.75, 3.05) is 4.90 Å². The highest BCUT2D eigenvalue weighted by Gasteiger charge is 2.34. The second-order valence-electron chi connectivity index (χ2n) is 7.83. The van der Waals surface area contributed by atoms with E-state index < -0.39 is 23.4 Å². The SMILES string of the molecule is CCCc1cnc(N(C(=O)OC(C)(C)C)C(=O)OC(C)(C)C)nc1C. The van der Waals surface area contributed by atoms with Gasteiger partial charge in [0, 0.05) is 11.9 Å². The second-order valence-corrected chi connectivity index (χ2v) is 7.83. The number of imide groups is 1. The number of anilines is 1. The lowest BCUT2D eigenvalue weighted by Crippen LogP contribution is -2.44. The third kappa shape index (κ3) is 6.68. The van der Waals surface area contributed by atoms with Gasteiger partial charge in [0.25, 0.3) is 0 Å². The lowest BCUT2D eigenvalue weighted by Gasteiger charge is -2.27. The predicted molar refractivity (Wildman–Crippen MR) is 95.7 cm³/mol. The van der Waals surface area contributed by atoms with Crippen LogP contribution in [0.4, 0.5) is 15.5 Å². The van der Waals surface area contributed by atoms with Crippen LogP contribution >= 0.6 is 0 Å². The molecule has 0 aromatic carbocycles. The van der Waals surface area contributed by atoms with Gasteiger partial charge < -0.3 is 9.47 Å². The largest absolute Gasteiger partial charge is 0.443 e. The summed E-state index contributed by atoms with van der Waals surface area (Å²) in [5.74, 6) is -0.0548. The summed E-state index contributed by atoms with van der Waals surface area (Å²) >= 11 is 0. The van der Waals surface area contributed by atoms with E-state index in [9.17, 15) is 9.59 Å². The maximum atomic E-state index is 12.5. The fraction of sp³-hybridized carbons (Fsp3) is 0.667. The van der Waals surface area contributed by atoms with Crippen LogP contribution < -0.4 is 4.90 Å². The van der Waals surface area contributed by atoms with Gasteiger partial charge in [-0.3, -0.25) is 0 Å². The molecule has 0 N–H and O–H groups in total. The predicted octanol–water partition coefficient (Wildman–Crippen LogP) is 4.41. The first kappa shape index (κ1) is 20.9. The van der Waals surface area contributed by atoms with Gasteiger partial charge in [0.15, 0.2) is 0 Å². The number of aryl methyl sites for hydroxylation is 2. The molecule has 0 spiro atoms. The molecule has 0 aliphatic heterocycles. The van der Waals surface area contributed by atoms with Gasteiger partial charge in [0.2, 0.25) is 5.95 Å². The van der Waals surface area contributed by atoms with E-state index >= 15 is 0 Å². The first-order chi connectivity index (χ1) is 11.3. The average molecular weight is 351 g/mol. The fourth-order valence-corrected chi connectivity index (χ4v) is 1.96. The smallest absolute Gasteiger partial charge is 0.427 e. The van der Waals surface area contributed by atoms with Crippen molar-refractivity contribution >= 4 is 18.1 Å². The van der Waals surface area contributed by atoms with Crippen LogP contribution in [0.5, 0.6) is 0 Å². The van der Waals surface area contributed by atoms with Crippen molar-refractivity contribution in [2.45, 2.75) is 79.4 Å². The lowest BCUT2D eigenvalue weighted by molar-refractivity contribution is 0.0427. The standard InChI is InChI=1S/C18H29N3O4/c1-9-10-13-11-19-14(20-12(13)2)21(15(22)24-17(3,4)5)16(23)25-18(6,7)8/h11H,9-10H2,1-8H3. The van der Waals surface area contributed by atoms with Crippen LogP contribution in [0.1, 0.15) is 66.1 Å². The Hall–Kier alpha value is -2.18. The molecule has 0 radical (unpaired) electrons. The average Bonchev–Trinajstić information content (AvgIpc) is 2.37. The van der Waals surface area contributed by atoms with E-state index in [-0.39, 0.29) is 5.95 Å². The van der Waals surface area contributed by atoms with Gasteiger partial charge in [-0.15, -0.1) is 4.90 Å². The fourth-order valence-electron chi connectivity index (χ4n) is 1.96. The Morgan fingerprint density at radius 3 is 1.88 bits per heavy atom. The van der Waals surface area contributed by atoms with Gasteiger partial charge in [-0.2, -0.15) is 0 Å². The molecule has 0 saturated carbocycles. The molecule has 0 aliphatic rings. The molecule has 1 heterocycles. The molecule has 0 aliphatic carbocycles. The molecular formula is C18H29N3O4. The molecule has 7 nitrogen and oxygen atoms in total. The van der Waals surface area contributed by atoms with Crippen molar-refractivity contribution in [3.63, 3.8) is 0 Å². The highest BCUT2D eigenvalue weighted by atomic mass is 16.6. The number of ether oxygens (including phenoxy) is 2. The number of carbonyl (C=O) groups excluding carboxylic acids is 2. The van der Waals surface area contributed by atoms with E-state index in [2.05, 4.69) is 16.9 Å². The van der Waals surface area contributed by atoms with E-state index in [1.165, 1.54) is 0 Å². The molecule has 7 heteroatoms. The number of amides is 2. The summed E-state index contributed by atoms with van der Waals surface area (Å²) < 4.78 is 10.6. The molecule has 1 rings (SSSR count). The third-order valence-corrected chi connectivity index (χ3v) is 2.94. The molecule has 25 heavy (non-hydrogen) atoms. The van der Waals surface area contributed by atoms with Crippen LogP contribution in [0.25, 0.3) is 0 Å². The van der Waals surface area contributed by atoms with Crippen molar-refractivity contribution < 1.29 is 19.1 Å². The minimum atomic E-state index is -0.871. The van der Waals surface area contributed by atoms with Crippen LogP contribution in [-0.4, -0.2) is 33.4 Å². The monoisotopic (exact) mass is 351 g/mol. The zero-order chi connectivity index (χ0) is 19.4. The summed E-state index contributed by atoms with van der Waals surface area (Å²) in [7, 11) is 0. The van der Waals surface area contributed by atoms with Gasteiger partial charge >= 0.3 is 12.2 Å². The maximum absolute atomic E-state index is 12.5. The number of nitrogens with zero attached hydrogens (tertiary/aromatic N) is 3. The normalized spacial score (nSPS) is 11.8. The molecule has 0 atom stereocenters. The molecule has 1 aromatic heterocycles. The van der Waals surface area contributed by atoms with E-state index in [0.717, 1.165) is 23.3 Å². The van der Waals surface area contributed by atoms with Gasteiger partial charge in [-0.1, -0.05) is 13.3 Å². The summed E-state index contributed by atoms with van der Waals surface area (Å²) in [6.07, 6.45) is 1.66. The van der Waals surface area contributed by atoms with Crippen molar-refractivity contribution in [1.82, 2.24) is 9.97 Å². The molecule has 2 amide bonds. The molecule has 1 aromatic rings. The number of carbonyl (C=O) groups is 2. The molecule has 0 saturated heterocycles. The highest BCUT2D eigenvalue weighted by molar-refractivity contribution is 6.08. The Morgan fingerprint density at radius 1 is 1.04 bits per heavy atom. The van der Waals surface area contributed by atoms with Crippen LogP contribution in [0.15, 0.2) is 6.20 Å². The first-order valence-electron chi connectivity index (χ1n) is 8.42. The topological polar surface area (TPSA) is 81.6 Å². The van der Waals surface area contributed by atoms with E-state index in [4.69, 9.17) is 9.47 Å². The minimum absolute atomic E-state index is 0.0548. The van der Waals surface area contributed by atoms with E-state index in [1.807, 2.05) is 6.92 Å². The molecule has 0 bridgehead atoms. The van der Waals surface area contributed by atoms with Crippen LogP contribution in [0.3, 0.4) is 0 Å². The van der Waals surface area contributed by atoms with Gasteiger partial charge in [-0.25, -0.2) is 19.6 Å². The number of rotatable bonds is 3. The first-order valence-corrected chi connectivity index (χ1v) is 8.42. The molecule has 0 fully saturated rings. The van der Waals surface area contributed by atoms with Gasteiger partial charge in [-0.05, 0) is 60.5 Å². The number of hydrogen-bond acceptors (Lipinski definition) is 6. The molecule has 0 unspecified atom stereocenters. The van der Waals surface area contributed by atoms with E-state index in [1.54, 1.807) is 47.7 Å². The second kappa shape index (κ2) is 7.80. The quantitative estimate of drug-likeness (QED) is 0.802. The summed E-state index contributed by atoms with van der Waals surface area (Å²) in [6, 6.07) is 0. The van der Waals surface area contributed by atoms with E-state index in [0.29, 0.717) is 5.69 Å². The summed E-state index contributed by atoms with van der Waals surface area (Å²) in [6.45, 7) is 14.2. The Bertz CT molecular complexity index is 602. The number of aromatic nitrogens is 2. The van der Waals surface area contributed by atoms with Crippen molar-refractivity contribution in [2.24, 2.45) is 0 Å². The number of hydrogen-bond donors (Lipinski definition) is 0. The van der Waals surface area contributed by atoms with Crippen LogP contribution in [0, 0.1) is 6.92 Å². The Labute approximate surface area is 149 Å². The van der Waals surface area contributed by atoms with Crippen molar-refractivity contribution in [3.05, 3.63) is 17.5 Å². The molecule has 140 valence electrons. The summed E-state index contributed by atoms with van der Waals surface area (Å²) in [4.78, 5) is 34.3. The zero-order valence-corrected chi connectivity index (χ0v) is 16.5. The highest BCUT2D eigenvalue weighted by Crippen LogP contribution is 2.20. The van der Waals surface area contributed by atoms with Crippen LogP contribution in [-0.2, 0) is 15.9 Å². The summed E-state index contributed by atoms with van der Waals surface area (Å²) in [5.41, 5.74) is 0.145. The van der Waals surface area contributed by atoms with Gasteiger partial charge in [0.1, 0.15) is 11.2 Å². The Kier molecular flexibility index (Phi) is 6.51. The minimum Gasteiger partial charge on any atom is -0.443 e.